The van der Waals surface area contributed by atoms with E-state index in [9.17, 15) is 4.79 Å². The Morgan fingerprint density at radius 1 is 1.21 bits per heavy atom. The maximum atomic E-state index is 12.6. The zero-order chi connectivity index (χ0) is 13.0. The van der Waals surface area contributed by atoms with Crippen LogP contribution in [0.3, 0.4) is 0 Å². The third-order valence-electron chi connectivity index (χ3n) is 5.61. The van der Waals surface area contributed by atoms with Gasteiger partial charge in [0.05, 0.1) is 6.20 Å². The summed E-state index contributed by atoms with van der Waals surface area (Å²) in [6.07, 6.45) is 8.33. The van der Waals surface area contributed by atoms with Crippen LogP contribution in [0.25, 0.3) is 0 Å². The smallest absolute Gasteiger partial charge is 0.229 e. The summed E-state index contributed by atoms with van der Waals surface area (Å²) in [5, 5.41) is 9.91. The molecule has 102 valence electrons. The largest absolute Gasteiger partial charge is 0.311 e. The van der Waals surface area contributed by atoms with E-state index in [2.05, 4.69) is 15.5 Å². The van der Waals surface area contributed by atoms with Crippen LogP contribution in [0, 0.1) is 36.5 Å². The van der Waals surface area contributed by atoms with Gasteiger partial charge in [0.1, 0.15) is 5.82 Å². The van der Waals surface area contributed by atoms with Gasteiger partial charge in [-0.2, -0.15) is 5.10 Å². The molecule has 19 heavy (non-hydrogen) atoms. The quantitative estimate of drug-likeness (QED) is 0.858. The molecule has 4 aliphatic rings. The molecule has 0 atom stereocenters. The van der Waals surface area contributed by atoms with E-state index < -0.39 is 0 Å². The summed E-state index contributed by atoms with van der Waals surface area (Å²) < 4.78 is 0. The summed E-state index contributed by atoms with van der Waals surface area (Å²) in [5.74, 6) is 4.36. The summed E-state index contributed by atoms with van der Waals surface area (Å²) in [6, 6.07) is 0. The van der Waals surface area contributed by atoms with E-state index in [4.69, 9.17) is 0 Å². The van der Waals surface area contributed by atoms with E-state index in [0.717, 1.165) is 23.2 Å². The zero-order valence-corrected chi connectivity index (χ0v) is 11.4. The predicted octanol–water partition coefficient (Wildman–Crippen LogP) is 2.73. The van der Waals surface area contributed by atoms with Gasteiger partial charge in [-0.15, -0.1) is 0 Å². The summed E-state index contributed by atoms with van der Waals surface area (Å²) in [6.45, 7) is 1.97. The van der Waals surface area contributed by atoms with Crippen LogP contribution in [-0.4, -0.2) is 16.1 Å². The fraction of sp³-hybridized carbons (Fsp3) is 0.733. The molecule has 1 heterocycles. The molecule has 4 nitrogen and oxygen atoms in total. The van der Waals surface area contributed by atoms with Gasteiger partial charge in [-0.25, -0.2) is 0 Å². The molecule has 0 spiro atoms. The van der Waals surface area contributed by atoms with Crippen LogP contribution < -0.4 is 5.32 Å². The number of H-pyrrole nitrogens is 1. The number of nitrogens with one attached hydrogen (secondary N) is 2. The Labute approximate surface area is 113 Å². The van der Waals surface area contributed by atoms with Gasteiger partial charge in [-0.3, -0.25) is 9.89 Å². The number of nitrogens with zero attached hydrogens (tertiary/aromatic N) is 1. The average molecular weight is 259 g/mol. The lowest BCUT2D eigenvalue weighted by atomic mass is 9.51. The van der Waals surface area contributed by atoms with Crippen molar-refractivity contribution in [1.29, 1.82) is 0 Å². The first-order valence-electron chi connectivity index (χ1n) is 7.51. The van der Waals surface area contributed by atoms with Gasteiger partial charge >= 0.3 is 0 Å². The van der Waals surface area contributed by atoms with Crippen molar-refractivity contribution in [3.63, 3.8) is 0 Å². The third kappa shape index (κ3) is 1.80. The molecule has 1 aromatic heterocycles. The number of anilines is 1. The van der Waals surface area contributed by atoms with Crippen LogP contribution >= 0.6 is 0 Å². The highest BCUT2D eigenvalue weighted by Gasteiger charge is 2.50. The van der Waals surface area contributed by atoms with Crippen LogP contribution in [0.2, 0.25) is 0 Å². The number of hydrogen-bond donors (Lipinski definition) is 2. The van der Waals surface area contributed by atoms with Crippen molar-refractivity contribution >= 4 is 11.7 Å². The maximum absolute atomic E-state index is 12.6. The van der Waals surface area contributed by atoms with Crippen LogP contribution in [0.1, 0.15) is 37.7 Å². The van der Waals surface area contributed by atoms with Crippen molar-refractivity contribution in [1.82, 2.24) is 10.2 Å². The minimum absolute atomic E-state index is 0.223. The molecular formula is C15H21N3O. The SMILES string of the molecule is Cc1cn[nH]c1NC(=O)C1C2CC3CC(C2)CC1C3. The summed E-state index contributed by atoms with van der Waals surface area (Å²) in [7, 11) is 0. The van der Waals surface area contributed by atoms with Gasteiger partial charge in [0.15, 0.2) is 0 Å². The molecular weight excluding hydrogens is 238 g/mol. The predicted molar refractivity (Wildman–Crippen MR) is 72.5 cm³/mol. The molecule has 4 aliphatic carbocycles. The van der Waals surface area contributed by atoms with Gasteiger partial charge in [-0.1, -0.05) is 0 Å². The molecule has 0 unspecified atom stereocenters. The first-order valence-corrected chi connectivity index (χ1v) is 7.51. The highest BCUT2D eigenvalue weighted by Crippen LogP contribution is 2.56. The lowest BCUT2D eigenvalue weighted by molar-refractivity contribution is -0.132. The van der Waals surface area contributed by atoms with Gasteiger partial charge in [0.25, 0.3) is 0 Å². The normalized spacial score (nSPS) is 39.5. The molecule has 4 saturated carbocycles. The van der Waals surface area contributed by atoms with Crippen LogP contribution in [0.5, 0.6) is 0 Å². The van der Waals surface area contributed by atoms with Gasteiger partial charge in [-0.05, 0) is 62.7 Å². The molecule has 4 bridgehead atoms. The van der Waals surface area contributed by atoms with E-state index >= 15 is 0 Å². The number of aryl methyl sites for hydroxylation is 1. The molecule has 5 rings (SSSR count). The Hall–Kier alpha value is -1.32. The monoisotopic (exact) mass is 259 g/mol. The topological polar surface area (TPSA) is 57.8 Å². The van der Waals surface area contributed by atoms with Crippen molar-refractivity contribution in [2.24, 2.45) is 29.6 Å². The van der Waals surface area contributed by atoms with Crippen molar-refractivity contribution < 1.29 is 4.79 Å². The van der Waals surface area contributed by atoms with E-state index in [1.807, 2.05) is 6.92 Å². The molecule has 0 aliphatic heterocycles. The lowest BCUT2D eigenvalue weighted by Gasteiger charge is -2.53. The zero-order valence-electron chi connectivity index (χ0n) is 11.4. The molecule has 0 saturated heterocycles. The number of hydrogen-bond acceptors (Lipinski definition) is 2. The second-order valence-electron chi connectivity index (χ2n) is 6.87. The Morgan fingerprint density at radius 2 is 1.84 bits per heavy atom. The van der Waals surface area contributed by atoms with Crippen molar-refractivity contribution in [3.05, 3.63) is 11.8 Å². The first kappa shape index (κ1) is 11.5. The number of amides is 1. The number of aromatic nitrogens is 2. The van der Waals surface area contributed by atoms with Gasteiger partial charge in [0, 0.05) is 11.5 Å². The molecule has 1 aromatic rings. The van der Waals surface area contributed by atoms with E-state index in [0.29, 0.717) is 11.8 Å². The Morgan fingerprint density at radius 3 is 2.37 bits per heavy atom. The van der Waals surface area contributed by atoms with Gasteiger partial charge < -0.3 is 5.32 Å². The number of carbonyl (C=O) groups is 1. The first-order chi connectivity index (χ1) is 9.20. The van der Waals surface area contributed by atoms with Crippen LogP contribution in [0.4, 0.5) is 5.82 Å². The summed E-state index contributed by atoms with van der Waals surface area (Å²) >= 11 is 0. The van der Waals surface area contributed by atoms with Crippen LogP contribution in [-0.2, 0) is 4.79 Å². The third-order valence-corrected chi connectivity index (χ3v) is 5.61. The van der Waals surface area contributed by atoms with Crippen molar-refractivity contribution in [3.8, 4) is 0 Å². The molecule has 1 amide bonds. The van der Waals surface area contributed by atoms with E-state index in [1.165, 1.54) is 32.1 Å². The standard InChI is InChI=1S/C15H21N3O/c1-8-7-16-18-14(8)17-15(19)13-11-3-9-2-10(5-11)6-12(13)4-9/h7,9-13H,2-6H2,1H3,(H2,16,17,18,19). The number of aromatic amines is 1. The molecule has 2 N–H and O–H groups in total. The Balaban J connectivity index is 1.53. The van der Waals surface area contributed by atoms with Crippen LogP contribution in [0.15, 0.2) is 6.20 Å². The summed E-state index contributed by atoms with van der Waals surface area (Å²) in [5.41, 5.74) is 1.01. The Kier molecular flexibility index (Phi) is 2.47. The van der Waals surface area contributed by atoms with Crippen molar-refractivity contribution in [2.75, 3.05) is 5.32 Å². The average Bonchev–Trinajstić information content (AvgIpc) is 2.73. The Bertz CT molecular complexity index is 479. The molecule has 0 radical (unpaired) electrons. The highest BCUT2D eigenvalue weighted by molar-refractivity contribution is 5.92. The minimum Gasteiger partial charge on any atom is -0.311 e. The maximum Gasteiger partial charge on any atom is 0.229 e. The second kappa shape index (κ2) is 4.09. The lowest BCUT2D eigenvalue weighted by Crippen LogP contribution is -2.49. The van der Waals surface area contributed by atoms with E-state index in [1.54, 1.807) is 6.20 Å². The fourth-order valence-electron chi connectivity index (χ4n) is 5.03. The van der Waals surface area contributed by atoms with Gasteiger partial charge in [0.2, 0.25) is 5.91 Å². The summed E-state index contributed by atoms with van der Waals surface area (Å²) in [4.78, 5) is 12.6. The molecule has 4 fully saturated rings. The number of rotatable bonds is 2. The molecule has 4 heteroatoms. The van der Waals surface area contributed by atoms with Crippen molar-refractivity contribution in [2.45, 2.75) is 39.0 Å². The minimum atomic E-state index is 0.223. The fourth-order valence-corrected chi connectivity index (χ4v) is 5.03. The molecule has 0 aromatic carbocycles. The highest BCUT2D eigenvalue weighted by atomic mass is 16.2. The second-order valence-corrected chi connectivity index (χ2v) is 6.87. The number of carbonyl (C=O) groups excluding carboxylic acids is 1. The van der Waals surface area contributed by atoms with E-state index in [-0.39, 0.29) is 11.8 Å².